The molecular formula is C18H20N2O2. The molecule has 1 heterocycles. The number of hydrogen-bond donors (Lipinski definition) is 2. The third kappa shape index (κ3) is 3.53. The lowest BCUT2D eigenvalue weighted by molar-refractivity contribution is 0.0277. The second-order valence-electron chi connectivity index (χ2n) is 5.51. The zero-order chi connectivity index (χ0) is 15.4. The Kier molecular flexibility index (Phi) is 4.51. The van der Waals surface area contributed by atoms with Crippen LogP contribution in [0.1, 0.15) is 27.6 Å². The van der Waals surface area contributed by atoms with E-state index in [0.29, 0.717) is 5.56 Å². The van der Waals surface area contributed by atoms with Crippen LogP contribution in [0.15, 0.2) is 48.5 Å². The zero-order valence-corrected chi connectivity index (χ0v) is 12.6. The molecule has 2 aromatic carbocycles. The first kappa shape index (κ1) is 14.8. The number of ether oxygens (including phenoxy) is 1. The van der Waals surface area contributed by atoms with Gasteiger partial charge in [0.05, 0.1) is 12.7 Å². The summed E-state index contributed by atoms with van der Waals surface area (Å²) in [7, 11) is 0. The van der Waals surface area contributed by atoms with Crippen molar-refractivity contribution in [3.63, 3.8) is 0 Å². The summed E-state index contributed by atoms with van der Waals surface area (Å²) in [6.07, 6.45) is 0.0931. The van der Waals surface area contributed by atoms with Crippen LogP contribution in [0, 0.1) is 6.92 Å². The number of amides is 1. The molecule has 1 amide bonds. The molecule has 0 aliphatic carbocycles. The van der Waals surface area contributed by atoms with Crippen LogP contribution in [0.5, 0.6) is 0 Å². The largest absolute Gasteiger partial charge is 0.371 e. The minimum atomic E-state index is -0.0941. The highest BCUT2D eigenvalue weighted by atomic mass is 16.5. The molecule has 1 fully saturated rings. The molecular weight excluding hydrogens is 276 g/mol. The van der Waals surface area contributed by atoms with Gasteiger partial charge in [-0.2, -0.15) is 0 Å². The third-order valence-corrected chi connectivity index (χ3v) is 3.78. The molecule has 1 saturated heterocycles. The maximum Gasteiger partial charge on any atom is 0.255 e. The van der Waals surface area contributed by atoms with Crippen LogP contribution in [0.25, 0.3) is 0 Å². The second-order valence-corrected chi connectivity index (χ2v) is 5.51. The quantitative estimate of drug-likeness (QED) is 0.915. The number of aryl methyl sites for hydroxylation is 1. The van der Waals surface area contributed by atoms with Gasteiger partial charge in [0.2, 0.25) is 0 Å². The van der Waals surface area contributed by atoms with Crippen molar-refractivity contribution >= 4 is 11.6 Å². The van der Waals surface area contributed by atoms with E-state index in [2.05, 4.69) is 10.6 Å². The van der Waals surface area contributed by atoms with Gasteiger partial charge < -0.3 is 15.4 Å². The van der Waals surface area contributed by atoms with E-state index in [-0.39, 0.29) is 12.0 Å². The van der Waals surface area contributed by atoms with Gasteiger partial charge in [-0.1, -0.05) is 29.8 Å². The van der Waals surface area contributed by atoms with Gasteiger partial charge in [-0.25, -0.2) is 0 Å². The normalized spacial score (nSPS) is 18.0. The smallest absolute Gasteiger partial charge is 0.255 e. The number of anilines is 1. The van der Waals surface area contributed by atoms with E-state index in [0.717, 1.165) is 36.5 Å². The summed E-state index contributed by atoms with van der Waals surface area (Å²) >= 11 is 0. The first-order valence-corrected chi connectivity index (χ1v) is 7.53. The Bertz CT molecular complexity index is 629. The summed E-state index contributed by atoms with van der Waals surface area (Å²) in [6.45, 7) is 4.47. The van der Waals surface area contributed by atoms with Crippen LogP contribution in [-0.2, 0) is 4.74 Å². The van der Waals surface area contributed by atoms with E-state index in [4.69, 9.17) is 4.74 Å². The SMILES string of the molecule is Cc1ccc(C(=O)Nc2ccc([C@H]3CNCCO3)cc2)cc1. The Balaban J connectivity index is 1.65. The Hall–Kier alpha value is -2.17. The lowest BCUT2D eigenvalue weighted by Gasteiger charge is -2.24. The molecule has 0 spiro atoms. The number of carbonyl (C=O) groups is 1. The number of hydrogen-bond acceptors (Lipinski definition) is 3. The maximum absolute atomic E-state index is 12.2. The molecule has 0 radical (unpaired) electrons. The molecule has 22 heavy (non-hydrogen) atoms. The molecule has 114 valence electrons. The van der Waals surface area contributed by atoms with Gasteiger partial charge in [0.15, 0.2) is 0 Å². The van der Waals surface area contributed by atoms with Crippen LogP contribution in [0.3, 0.4) is 0 Å². The molecule has 1 atom stereocenters. The van der Waals surface area contributed by atoms with Gasteiger partial charge in [0.25, 0.3) is 5.91 Å². The fourth-order valence-electron chi connectivity index (χ4n) is 2.47. The molecule has 2 N–H and O–H groups in total. The molecule has 4 nitrogen and oxygen atoms in total. The monoisotopic (exact) mass is 296 g/mol. The van der Waals surface area contributed by atoms with E-state index < -0.39 is 0 Å². The molecule has 3 rings (SSSR count). The van der Waals surface area contributed by atoms with Crippen LogP contribution < -0.4 is 10.6 Å². The van der Waals surface area contributed by atoms with E-state index in [1.807, 2.05) is 55.5 Å². The number of rotatable bonds is 3. The Morgan fingerprint density at radius 2 is 1.86 bits per heavy atom. The van der Waals surface area contributed by atoms with E-state index in [1.165, 1.54) is 0 Å². The maximum atomic E-state index is 12.2. The molecule has 0 aromatic heterocycles. The third-order valence-electron chi connectivity index (χ3n) is 3.78. The second kappa shape index (κ2) is 6.73. The molecule has 0 bridgehead atoms. The van der Waals surface area contributed by atoms with Crippen molar-refractivity contribution in [3.8, 4) is 0 Å². The number of nitrogens with one attached hydrogen (secondary N) is 2. The highest BCUT2D eigenvalue weighted by Crippen LogP contribution is 2.21. The Labute approximate surface area is 130 Å². The van der Waals surface area contributed by atoms with Crippen LogP contribution in [0.2, 0.25) is 0 Å². The summed E-state index contributed by atoms with van der Waals surface area (Å²) in [5.74, 6) is -0.0941. The topological polar surface area (TPSA) is 50.4 Å². The first-order chi connectivity index (χ1) is 10.7. The highest BCUT2D eigenvalue weighted by Gasteiger charge is 2.15. The van der Waals surface area contributed by atoms with Crippen LogP contribution in [0.4, 0.5) is 5.69 Å². The van der Waals surface area contributed by atoms with Crippen molar-refractivity contribution in [1.29, 1.82) is 0 Å². The van der Waals surface area contributed by atoms with Crippen molar-refractivity contribution in [1.82, 2.24) is 5.32 Å². The summed E-state index contributed by atoms with van der Waals surface area (Å²) in [6, 6.07) is 15.4. The molecule has 1 aliphatic heterocycles. The minimum absolute atomic E-state index is 0.0931. The lowest BCUT2D eigenvalue weighted by atomic mass is 10.1. The number of benzene rings is 2. The van der Waals surface area contributed by atoms with Gasteiger partial charge in [-0.3, -0.25) is 4.79 Å². The summed E-state index contributed by atoms with van der Waals surface area (Å²) in [5, 5.41) is 6.22. The summed E-state index contributed by atoms with van der Waals surface area (Å²) in [4.78, 5) is 12.2. The van der Waals surface area contributed by atoms with Gasteiger partial charge in [-0.15, -0.1) is 0 Å². The lowest BCUT2D eigenvalue weighted by Crippen LogP contribution is -2.33. The molecule has 4 heteroatoms. The summed E-state index contributed by atoms with van der Waals surface area (Å²) < 4.78 is 5.72. The van der Waals surface area contributed by atoms with E-state index in [9.17, 15) is 4.79 Å². The van der Waals surface area contributed by atoms with Gasteiger partial charge >= 0.3 is 0 Å². The van der Waals surface area contributed by atoms with E-state index in [1.54, 1.807) is 0 Å². The van der Waals surface area contributed by atoms with Crippen molar-refractivity contribution in [2.75, 3.05) is 25.0 Å². The van der Waals surface area contributed by atoms with Crippen molar-refractivity contribution < 1.29 is 9.53 Å². The number of carbonyl (C=O) groups excluding carboxylic acids is 1. The summed E-state index contributed by atoms with van der Waals surface area (Å²) in [5.41, 5.74) is 3.72. The minimum Gasteiger partial charge on any atom is -0.371 e. The predicted molar refractivity (Wildman–Crippen MR) is 87.1 cm³/mol. The van der Waals surface area contributed by atoms with Crippen LogP contribution >= 0.6 is 0 Å². The fraction of sp³-hybridized carbons (Fsp3) is 0.278. The standard InChI is InChI=1S/C18H20N2O2/c1-13-2-4-15(5-3-13)18(21)20-16-8-6-14(7-9-16)17-12-19-10-11-22-17/h2-9,17,19H,10-12H2,1H3,(H,20,21)/t17-/m1/s1. The van der Waals surface area contributed by atoms with Gasteiger partial charge in [0, 0.05) is 24.3 Å². The first-order valence-electron chi connectivity index (χ1n) is 7.53. The molecule has 1 aliphatic rings. The molecule has 0 unspecified atom stereocenters. The molecule has 0 saturated carbocycles. The Morgan fingerprint density at radius 3 is 2.50 bits per heavy atom. The van der Waals surface area contributed by atoms with Crippen molar-refractivity contribution in [2.24, 2.45) is 0 Å². The van der Waals surface area contributed by atoms with Gasteiger partial charge in [-0.05, 0) is 36.8 Å². The highest BCUT2D eigenvalue weighted by molar-refractivity contribution is 6.04. The van der Waals surface area contributed by atoms with E-state index >= 15 is 0 Å². The number of morpholine rings is 1. The predicted octanol–water partition coefficient (Wildman–Crippen LogP) is 2.91. The molecule has 2 aromatic rings. The van der Waals surface area contributed by atoms with Gasteiger partial charge in [0.1, 0.15) is 0 Å². The van der Waals surface area contributed by atoms with Crippen LogP contribution in [-0.4, -0.2) is 25.6 Å². The van der Waals surface area contributed by atoms with Crippen molar-refractivity contribution in [3.05, 3.63) is 65.2 Å². The average Bonchev–Trinajstić information content (AvgIpc) is 2.57. The average molecular weight is 296 g/mol. The zero-order valence-electron chi connectivity index (χ0n) is 12.6. The fourth-order valence-corrected chi connectivity index (χ4v) is 2.47. The Morgan fingerprint density at radius 1 is 1.14 bits per heavy atom. The van der Waals surface area contributed by atoms with Crippen molar-refractivity contribution in [2.45, 2.75) is 13.0 Å².